The Kier molecular flexibility index (Phi) is 6.07. The molecule has 1 N–H and O–H groups in total. The van der Waals surface area contributed by atoms with Crippen LogP contribution in [0, 0.1) is 12.7 Å². The van der Waals surface area contributed by atoms with Gasteiger partial charge in [-0.25, -0.2) is 9.18 Å². The monoisotopic (exact) mass is 370 g/mol. The SMILES string of the molecule is Cc1c(NC(=O)N(C)Cc2ccc(F)cc2)cccc1OCC(F)(F)F. The van der Waals surface area contributed by atoms with Crippen molar-refractivity contribution in [1.29, 1.82) is 0 Å². The van der Waals surface area contributed by atoms with Gasteiger partial charge in [-0.05, 0) is 36.8 Å². The Morgan fingerprint density at radius 2 is 1.81 bits per heavy atom. The van der Waals surface area contributed by atoms with Crippen molar-refractivity contribution >= 4 is 11.7 Å². The molecule has 0 heterocycles. The van der Waals surface area contributed by atoms with Crippen LogP contribution in [0.1, 0.15) is 11.1 Å². The molecule has 0 unspecified atom stereocenters. The van der Waals surface area contributed by atoms with Gasteiger partial charge in [-0.2, -0.15) is 13.2 Å². The molecule has 0 atom stereocenters. The molecule has 4 nitrogen and oxygen atoms in total. The molecule has 2 amide bonds. The van der Waals surface area contributed by atoms with Crippen LogP contribution in [-0.4, -0.2) is 30.8 Å². The van der Waals surface area contributed by atoms with Crippen molar-refractivity contribution in [1.82, 2.24) is 4.90 Å². The first-order valence-corrected chi connectivity index (χ1v) is 7.71. The van der Waals surface area contributed by atoms with Crippen LogP contribution in [0.25, 0.3) is 0 Å². The van der Waals surface area contributed by atoms with Crippen molar-refractivity contribution in [3.63, 3.8) is 0 Å². The van der Waals surface area contributed by atoms with Crippen LogP contribution in [0.15, 0.2) is 42.5 Å². The summed E-state index contributed by atoms with van der Waals surface area (Å²) < 4.78 is 54.6. The van der Waals surface area contributed by atoms with Crippen molar-refractivity contribution in [2.75, 3.05) is 19.0 Å². The lowest BCUT2D eigenvalue weighted by Gasteiger charge is -2.20. The first-order chi connectivity index (χ1) is 12.2. The molecule has 0 spiro atoms. The van der Waals surface area contributed by atoms with Gasteiger partial charge in [0.2, 0.25) is 0 Å². The van der Waals surface area contributed by atoms with Gasteiger partial charge in [-0.1, -0.05) is 18.2 Å². The topological polar surface area (TPSA) is 41.6 Å². The number of carbonyl (C=O) groups excluding carboxylic acids is 1. The first kappa shape index (κ1) is 19.6. The van der Waals surface area contributed by atoms with Gasteiger partial charge in [0.1, 0.15) is 11.6 Å². The number of carbonyl (C=O) groups is 1. The van der Waals surface area contributed by atoms with E-state index in [1.807, 2.05) is 0 Å². The summed E-state index contributed by atoms with van der Waals surface area (Å²) in [5.74, 6) is -0.325. The smallest absolute Gasteiger partial charge is 0.422 e. The molecule has 0 fully saturated rings. The minimum absolute atomic E-state index is 0.0429. The fourth-order valence-corrected chi connectivity index (χ4v) is 2.21. The molecule has 0 aliphatic rings. The van der Waals surface area contributed by atoms with Crippen LogP contribution in [0.3, 0.4) is 0 Å². The highest BCUT2D eigenvalue weighted by Crippen LogP contribution is 2.27. The molecule has 2 aromatic rings. The van der Waals surface area contributed by atoms with Crippen LogP contribution in [0.5, 0.6) is 5.75 Å². The predicted octanol–water partition coefficient (Wildman–Crippen LogP) is 4.74. The molecule has 0 aliphatic carbocycles. The Bertz CT molecular complexity index is 761. The Morgan fingerprint density at radius 3 is 2.42 bits per heavy atom. The van der Waals surface area contributed by atoms with Gasteiger partial charge in [0, 0.05) is 24.8 Å². The van der Waals surface area contributed by atoms with E-state index in [-0.39, 0.29) is 18.1 Å². The van der Waals surface area contributed by atoms with Gasteiger partial charge >= 0.3 is 12.2 Å². The zero-order valence-corrected chi connectivity index (χ0v) is 14.2. The summed E-state index contributed by atoms with van der Waals surface area (Å²) in [5.41, 5.74) is 1.48. The van der Waals surface area contributed by atoms with Gasteiger partial charge in [0.05, 0.1) is 0 Å². The Hall–Kier alpha value is -2.77. The van der Waals surface area contributed by atoms with Gasteiger partial charge < -0.3 is 15.0 Å². The molecule has 0 saturated carbocycles. The molecule has 0 aliphatic heterocycles. The van der Waals surface area contributed by atoms with E-state index < -0.39 is 18.8 Å². The maximum atomic E-state index is 12.9. The average molecular weight is 370 g/mol. The normalized spacial score (nSPS) is 11.2. The molecule has 0 bridgehead atoms. The molecule has 26 heavy (non-hydrogen) atoms. The van der Waals surface area contributed by atoms with Gasteiger partial charge in [0.25, 0.3) is 0 Å². The second-order valence-corrected chi connectivity index (χ2v) is 5.75. The van der Waals surface area contributed by atoms with E-state index in [2.05, 4.69) is 5.32 Å². The number of hydrogen-bond donors (Lipinski definition) is 1. The third-order valence-electron chi connectivity index (χ3n) is 3.60. The second kappa shape index (κ2) is 8.07. The van der Waals surface area contributed by atoms with Gasteiger partial charge in [0.15, 0.2) is 6.61 Å². The van der Waals surface area contributed by atoms with Crippen molar-refractivity contribution in [2.24, 2.45) is 0 Å². The average Bonchev–Trinajstić information content (AvgIpc) is 2.56. The maximum absolute atomic E-state index is 12.9. The van der Waals surface area contributed by atoms with E-state index >= 15 is 0 Å². The lowest BCUT2D eigenvalue weighted by molar-refractivity contribution is -0.153. The van der Waals surface area contributed by atoms with Crippen molar-refractivity contribution in [3.8, 4) is 5.75 Å². The lowest BCUT2D eigenvalue weighted by Crippen LogP contribution is -2.31. The lowest BCUT2D eigenvalue weighted by atomic mass is 10.2. The van der Waals surface area contributed by atoms with Crippen LogP contribution in [0.4, 0.5) is 28.0 Å². The van der Waals surface area contributed by atoms with E-state index in [0.29, 0.717) is 11.3 Å². The molecule has 0 radical (unpaired) electrons. The molecule has 140 valence electrons. The van der Waals surface area contributed by atoms with Crippen molar-refractivity contribution in [3.05, 3.63) is 59.4 Å². The minimum Gasteiger partial charge on any atom is -0.484 e. The summed E-state index contributed by atoms with van der Waals surface area (Å²) in [4.78, 5) is 13.7. The highest BCUT2D eigenvalue weighted by molar-refractivity contribution is 5.90. The highest BCUT2D eigenvalue weighted by atomic mass is 19.4. The number of urea groups is 1. The summed E-state index contributed by atoms with van der Waals surface area (Å²) >= 11 is 0. The number of amides is 2. The number of alkyl halides is 3. The van der Waals surface area contributed by atoms with Crippen LogP contribution in [0.2, 0.25) is 0 Å². The molecule has 8 heteroatoms. The number of anilines is 1. The van der Waals surface area contributed by atoms with E-state index in [9.17, 15) is 22.4 Å². The van der Waals surface area contributed by atoms with Crippen LogP contribution < -0.4 is 10.1 Å². The van der Waals surface area contributed by atoms with E-state index in [1.165, 1.54) is 29.2 Å². The van der Waals surface area contributed by atoms with Crippen LogP contribution in [-0.2, 0) is 6.54 Å². The number of hydrogen-bond acceptors (Lipinski definition) is 2. The third-order valence-corrected chi connectivity index (χ3v) is 3.60. The standard InChI is InChI=1S/C18H18F4N2O2/c1-12-15(4-3-5-16(12)26-11-18(20,21)22)23-17(25)24(2)10-13-6-8-14(19)9-7-13/h3-9H,10-11H2,1-2H3,(H,23,25). The van der Waals surface area contributed by atoms with Crippen molar-refractivity contribution in [2.45, 2.75) is 19.6 Å². The quantitative estimate of drug-likeness (QED) is 0.773. The number of halogens is 4. The Morgan fingerprint density at radius 1 is 1.15 bits per heavy atom. The maximum Gasteiger partial charge on any atom is 0.422 e. The fourth-order valence-electron chi connectivity index (χ4n) is 2.21. The Labute approximate surface area is 148 Å². The largest absolute Gasteiger partial charge is 0.484 e. The molecular formula is C18H18F4N2O2. The number of nitrogens with one attached hydrogen (secondary N) is 1. The van der Waals surface area contributed by atoms with Crippen molar-refractivity contribution < 1.29 is 27.1 Å². The van der Waals surface area contributed by atoms with Gasteiger partial charge in [-0.15, -0.1) is 0 Å². The summed E-state index contributed by atoms with van der Waals surface area (Å²) in [5, 5.41) is 2.63. The highest BCUT2D eigenvalue weighted by Gasteiger charge is 2.28. The summed E-state index contributed by atoms with van der Waals surface area (Å²) in [6, 6.07) is 9.74. The van der Waals surface area contributed by atoms with Gasteiger partial charge in [-0.3, -0.25) is 0 Å². The Balaban J connectivity index is 2.02. The second-order valence-electron chi connectivity index (χ2n) is 5.75. The molecule has 0 saturated heterocycles. The van der Waals surface area contributed by atoms with E-state index in [4.69, 9.17) is 4.74 Å². The van der Waals surface area contributed by atoms with Crippen LogP contribution >= 0.6 is 0 Å². The van der Waals surface area contributed by atoms with E-state index in [0.717, 1.165) is 5.56 Å². The summed E-state index contributed by atoms with van der Waals surface area (Å²) in [6.45, 7) is 0.395. The zero-order chi connectivity index (χ0) is 19.3. The molecular weight excluding hydrogens is 352 g/mol. The predicted molar refractivity (Wildman–Crippen MR) is 89.6 cm³/mol. The number of benzene rings is 2. The first-order valence-electron chi connectivity index (χ1n) is 7.71. The minimum atomic E-state index is -4.44. The third kappa shape index (κ3) is 5.65. The number of ether oxygens (including phenoxy) is 1. The summed E-state index contributed by atoms with van der Waals surface area (Å²) in [7, 11) is 1.55. The molecule has 0 aromatic heterocycles. The zero-order valence-electron chi connectivity index (χ0n) is 14.2. The number of rotatable bonds is 5. The summed E-state index contributed by atoms with van der Waals surface area (Å²) in [6.07, 6.45) is -4.44. The molecule has 2 aromatic carbocycles. The number of nitrogens with zero attached hydrogens (tertiary/aromatic N) is 1. The van der Waals surface area contributed by atoms with E-state index in [1.54, 1.807) is 32.2 Å². The molecule has 2 rings (SSSR count). The fraction of sp³-hybridized carbons (Fsp3) is 0.278.